The lowest BCUT2D eigenvalue weighted by Crippen LogP contribution is -2.56. The Morgan fingerprint density at radius 1 is 1.11 bits per heavy atom. The molecule has 1 heterocycles. The highest BCUT2D eigenvalue weighted by Crippen LogP contribution is 2.20. The highest BCUT2D eigenvalue weighted by atomic mass is 16.4. The molecule has 6 N–H and O–H groups in total. The molecule has 0 spiro atoms. The number of nitrogens with one attached hydrogen (secondary N) is 3. The van der Waals surface area contributed by atoms with Gasteiger partial charge in [0.1, 0.15) is 18.6 Å². The largest absolute Gasteiger partial charge is 0.480 e. The second-order valence-corrected chi connectivity index (χ2v) is 6.57. The summed E-state index contributed by atoms with van der Waals surface area (Å²) in [7, 11) is 0. The molecule has 0 aromatic carbocycles. The molecule has 0 unspecified atom stereocenters. The Morgan fingerprint density at radius 3 is 2.33 bits per heavy atom. The second kappa shape index (κ2) is 10.5. The van der Waals surface area contributed by atoms with Gasteiger partial charge in [-0.1, -0.05) is 13.8 Å². The topological polar surface area (TPSA) is 171 Å². The second-order valence-electron chi connectivity index (χ2n) is 6.57. The number of carbonyl (C=O) groups is 5. The van der Waals surface area contributed by atoms with Gasteiger partial charge in [-0.15, -0.1) is 0 Å². The van der Waals surface area contributed by atoms with Gasteiger partial charge in [0.15, 0.2) is 0 Å². The normalized spacial score (nSPS) is 17.3. The molecule has 0 bridgehead atoms. The van der Waals surface area contributed by atoms with E-state index in [0.29, 0.717) is 19.4 Å². The molecule has 152 valence electrons. The third-order valence-electron chi connectivity index (χ3n) is 4.13. The molecule has 1 saturated heterocycles. The van der Waals surface area contributed by atoms with Crippen molar-refractivity contribution in [2.75, 3.05) is 26.2 Å². The molecule has 1 rings (SSSR count). The quantitative estimate of drug-likeness (QED) is 0.289. The van der Waals surface area contributed by atoms with Gasteiger partial charge < -0.3 is 31.7 Å². The maximum Gasteiger partial charge on any atom is 0.322 e. The molecule has 1 aliphatic rings. The molecule has 11 heteroatoms. The summed E-state index contributed by atoms with van der Waals surface area (Å²) in [5.74, 6) is -3.42. The van der Waals surface area contributed by atoms with E-state index in [1.54, 1.807) is 13.8 Å². The maximum absolute atomic E-state index is 12.9. The molecule has 0 radical (unpaired) electrons. The van der Waals surface area contributed by atoms with Crippen LogP contribution in [0.3, 0.4) is 0 Å². The van der Waals surface area contributed by atoms with Gasteiger partial charge in [0.25, 0.3) is 0 Å². The summed E-state index contributed by atoms with van der Waals surface area (Å²) in [4.78, 5) is 60.2. The van der Waals surface area contributed by atoms with Crippen LogP contribution in [0.4, 0.5) is 0 Å². The van der Waals surface area contributed by atoms with Gasteiger partial charge in [0.05, 0.1) is 13.1 Å². The van der Waals surface area contributed by atoms with Crippen molar-refractivity contribution in [1.82, 2.24) is 20.9 Å². The van der Waals surface area contributed by atoms with E-state index in [9.17, 15) is 24.0 Å². The maximum atomic E-state index is 12.9. The minimum atomic E-state index is -1.17. The average Bonchev–Trinajstić information content (AvgIpc) is 3.11. The third kappa shape index (κ3) is 6.85. The van der Waals surface area contributed by atoms with E-state index in [0.717, 1.165) is 0 Å². The summed E-state index contributed by atoms with van der Waals surface area (Å²) >= 11 is 0. The Labute approximate surface area is 157 Å². The van der Waals surface area contributed by atoms with Crippen LogP contribution in [0.1, 0.15) is 26.7 Å². The Kier molecular flexibility index (Phi) is 8.66. The summed E-state index contributed by atoms with van der Waals surface area (Å²) in [6, 6.07) is -1.65. The number of likely N-dealkylation sites (tertiary alicyclic amines) is 1. The Hall–Kier alpha value is -2.69. The first-order valence-corrected chi connectivity index (χ1v) is 8.73. The fourth-order valence-electron chi connectivity index (χ4n) is 2.75. The highest BCUT2D eigenvalue weighted by Gasteiger charge is 2.38. The van der Waals surface area contributed by atoms with Crippen molar-refractivity contribution in [3.05, 3.63) is 0 Å². The lowest BCUT2D eigenvalue weighted by molar-refractivity contribution is -0.143. The van der Waals surface area contributed by atoms with E-state index in [2.05, 4.69) is 16.0 Å². The van der Waals surface area contributed by atoms with Crippen LogP contribution >= 0.6 is 0 Å². The zero-order valence-electron chi connectivity index (χ0n) is 15.5. The molecular formula is C16H27N5O6. The lowest BCUT2D eigenvalue weighted by Gasteiger charge is -2.30. The smallest absolute Gasteiger partial charge is 0.322 e. The number of aliphatic carboxylic acids is 1. The van der Waals surface area contributed by atoms with Crippen LogP contribution in [0.15, 0.2) is 0 Å². The summed E-state index contributed by atoms with van der Waals surface area (Å²) in [6.45, 7) is 2.75. The van der Waals surface area contributed by atoms with Crippen LogP contribution in [0.2, 0.25) is 0 Å². The van der Waals surface area contributed by atoms with Crippen LogP contribution in [0.25, 0.3) is 0 Å². The molecule has 0 aromatic rings. The molecular weight excluding hydrogens is 358 g/mol. The number of amides is 4. The predicted molar refractivity (Wildman–Crippen MR) is 94.2 cm³/mol. The Balaban J connectivity index is 2.74. The molecule has 4 amide bonds. The van der Waals surface area contributed by atoms with E-state index in [4.69, 9.17) is 10.8 Å². The van der Waals surface area contributed by atoms with Crippen LogP contribution < -0.4 is 21.7 Å². The molecule has 0 saturated carbocycles. The minimum Gasteiger partial charge on any atom is -0.480 e. The fraction of sp³-hybridized carbons (Fsp3) is 0.688. The number of nitrogens with zero attached hydrogens (tertiary/aromatic N) is 1. The van der Waals surface area contributed by atoms with Crippen molar-refractivity contribution < 1.29 is 29.1 Å². The predicted octanol–water partition coefficient (Wildman–Crippen LogP) is -2.61. The van der Waals surface area contributed by atoms with Crippen molar-refractivity contribution in [2.45, 2.75) is 38.8 Å². The van der Waals surface area contributed by atoms with Crippen molar-refractivity contribution in [3.63, 3.8) is 0 Å². The van der Waals surface area contributed by atoms with Gasteiger partial charge in [-0.25, -0.2) is 0 Å². The summed E-state index contributed by atoms with van der Waals surface area (Å²) in [5, 5.41) is 15.8. The zero-order valence-corrected chi connectivity index (χ0v) is 15.5. The first-order valence-electron chi connectivity index (χ1n) is 8.73. The average molecular weight is 385 g/mol. The van der Waals surface area contributed by atoms with Gasteiger partial charge in [-0.2, -0.15) is 0 Å². The number of rotatable bonds is 9. The van der Waals surface area contributed by atoms with E-state index in [1.165, 1.54) is 4.90 Å². The van der Waals surface area contributed by atoms with Crippen LogP contribution in [0.5, 0.6) is 0 Å². The number of carboxylic acid groups (broad SMARTS) is 1. The molecule has 0 aromatic heterocycles. The van der Waals surface area contributed by atoms with Crippen molar-refractivity contribution in [3.8, 4) is 0 Å². The number of carboxylic acids is 1. The van der Waals surface area contributed by atoms with Crippen molar-refractivity contribution in [2.24, 2.45) is 11.7 Å². The number of carbonyl (C=O) groups excluding carboxylic acids is 4. The minimum absolute atomic E-state index is 0.249. The van der Waals surface area contributed by atoms with Crippen LogP contribution in [0, 0.1) is 5.92 Å². The molecule has 27 heavy (non-hydrogen) atoms. The van der Waals surface area contributed by atoms with Gasteiger partial charge in [-0.3, -0.25) is 24.0 Å². The van der Waals surface area contributed by atoms with Crippen LogP contribution in [-0.4, -0.2) is 77.9 Å². The first-order chi connectivity index (χ1) is 12.7. The van der Waals surface area contributed by atoms with Gasteiger partial charge >= 0.3 is 5.97 Å². The molecule has 11 nitrogen and oxygen atoms in total. The zero-order chi connectivity index (χ0) is 20.6. The number of hydrogen-bond acceptors (Lipinski definition) is 6. The van der Waals surface area contributed by atoms with Crippen molar-refractivity contribution in [1.29, 1.82) is 0 Å². The van der Waals surface area contributed by atoms with Gasteiger partial charge in [-0.05, 0) is 18.8 Å². The van der Waals surface area contributed by atoms with Crippen LogP contribution in [-0.2, 0) is 24.0 Å². The fourth-order valence-corrected chi connectivity index (χ4v) is 2.75. The van der Waals surface area contributed by atoms with E-state index in [-0.39, 0.29) is 19.0 Å². The number of nitrogens with two attached hydrogens (primary N) is 1. The molecule has 2 atom stereocenters. The standard InChI is InChI=1S/C16H27N5O6/c1-9(2)14(20-12(23)7-18-11(22)6-17)16(27)21-5-3-4-10(21)15(26)19-8-13(24)25/h9-10,14H,3-8,17H2,1-2H3,(H,18,22)(H,19,26)(H,20,23)(H,24,25)/t10-,14-/m0/s1. The first kappa shape index (κ1) is 22.4. The Bertz CT molecular complexity index is 594. The summed E-state index contributed by atoms with van der Waals surface area (Å²) < 4.78 is 0. The van der Waals surface area contributed by atoms with Gasteiger partial charge in [0, 0.05) is 6.54 Å². The molecule has 1 fully saturated rings. The lowest BCUT2D eigenvalue weighted by atomic mass is 10.0. The summed E-state index contributed by atoms with van der Waals surface area (Å²) in [6.07, 6.45) is 1.02. The monoisotopic (exact) mass is 385 g/mol. The van der Waals surface area contributed by atoms with E-state index in [1.807, 2.05) is 0 Å². The third-order valence-corrected chi connectivity index (χ3v) is 4.13. The van der Waals surface area contributed by atoms with Crippen molar-refractivity contribution >= 4 is 29.6 Å². The number of hydrogen-bond donors (Lipinski definition) is 5. The molecule has 1 aliphatic heterocycles. The van der Waals surface area contributed by atoms with Gasteiger partial charge in [0.2, 0.25) is 23.6 Å². The highest BCUT2D eigenvalue weighted by molar-refractivity contribution is 5.94. The van der Waals surface area contributed by atoms with E-state index < -0.39 is 48.2 Å². The van der Waals surface area contributed by atoms with E-state index >= 15 is 0 Å². The molecule has 0 aliphatic carbocycles. The SMILES string of the molecule is CC(C)[C@H](NC(=O)CNC(=O)CN)C(=O)N1CCC[C@H]1C(=O)NCC(=O)O. The Morgan fingerprint density at radius 2 is 1.78 bits per heavy atom. The summed E-state index contributed by atoms with van der Waals surface area (Å²) in [5.41, 5.74) is 5.15.